The Labute approximate surface area is 228 Å². The summed E-state index contributed by atoms with van der Waals surface area (Å²) >= 11 is 6.53. The van der Waals surface area contributed by atoms with E-state index >= 15 is 0 Å². The molecule has 0 bridgehead atoms. The number of allylic oxidation sites excluding steroid dienone is 4. The summed E-state index contributed by atoms with van der Waals surface area (Å²) in [4.78, 5) is 36.3. The number of carbonyl (C=O) groups is 2. The molecule has 1 unspecified atom stereocenters. The summed E-state index contributed by atoms with van der Waals surface area (Å²) in [7, 11) is 0. The van der Waals surface area contributed by atoms with Crippen LogP contribution in [0.5, 0.6) is 0 Å². The van der Waals surface area contributed by atoms with E-state index in [2.05, 4.69) is 19.9 Å². The standard InChI is InChI=1S/C30H34ClN3O4/c1-17(35)33-26(19-6-4-5-7-25(19)34(37)38)16-24(32-33)22-11-10-20-18-8-9-23-28(31)27(36)13-15-30(23,3)21(18)12-14-29(20,22)2/h4-7,13,15,18,20-22,26H,8-12,14,16H2,1-3H3/t18-,20-,21-,22+,26?,29-,30+/m0/s1. The van der Waals surface area contributed by atoms with E-state index in [0.717, 1.165) is 49.8 Å². The van der Waals surface area contributed by atoms with Crippen molar-refractivity contribution in [2.24, 2.45) is 39.6 Å². The average molecular weight is 536 g/mol. The van der Waals surface area contributed by atoms with Crippen molar-refractivity contribution in [1.29, 1.82) is 0 Å². The van der Waals surface area contributed by atoms with Crippen molar-refractivity contribution < 1.29 is 14.5 Å². The van der Waals surface area contributed by atoms with Gasteiger partial charge in [-0.2, -0.15) is 5.10 Å². The van der Waals surface area contributed by atoms with Crippen LogP contribution < -0.4 is 0 Å². The Hall–Kier alpha value is -2.80. The van der Waals surface area contributed by atoms with E-state index in [4.69, 9.17) is 16.7 Å². The topological polar surface area (TPSA) is 92.9 Å². The number of nitro benzene ring substituents is 1. The van der Waals surface area contributed by atoms with Gasteiger partial charge in [0.05, 0.1) is 21.6 Å². The number of hydrazone groups is 1. The van der Waals surface area contributed by atoms with Gasteiger partial charge in [0, 0.05) is 36.5 Å². The Morgan fingerprint density at radius 3 is 2.66 bits per heavy atom. The van der Waals surface area contributed by atoms with Crippen molar-refractivity contribution in [2.75, 3.05) is 0 Å². The molecule has 3 fully saturated rings. The van der Waals surface area contributed by atoms with Gasteiger partial charge in [0.15, 0.2) is 5.78 Å². The number of halogens is 1. The van der Waals surface area contributed by atoms with Gasteiger partial charge < -0.3 is 0 Å². The molecule has 1 aromatic rings. The van der Waals surface area contributed by atoms with Crippen molar-refractivity contribution in [2.45, 2.75) is 71.8 Å². The summed E-state index contributed by atoms with van der Waals surface area (Å²) in [5, 5.41) is 18.5. The quantitative estimate of drug-likeness (QED) is 0.316. The molecular weight excluding hydrogens is 502 g/mol. The molecule has 38 heavy (non-hydrogen) atoms. The first-order chi connectivity index (χ1) is 18.1. The summed E-state index contributed by atoms with van der Waals surface area (Å²) in [5.74, 6) is 1.53. The van der Waals surface area contributed by atoms with Crippen LogP contribution in [0.4, 0.5) is 5.69 Å². The molecule has 7 nitrogen and oxygen atoms in total. The summed E-state index contributed by atoms with van der Waals surface area (Å²) in [6.07, 6.45) is 10.5. The van der Waals surface area contributed by atoms with Gasteiger partial charge in [0.25, 0.3) is 5.69 Å². The van der Waals surface area contributed by atoms with Gasteiger partial charge >= 0.3 is 0 Å². The minimum absolute atomic E-state index is 0.0354. The maximum atomic E-state index is 12.6. The second-order valence-corrected chi connectivity index (χ2v) is 12.7. The number of ketones is 1. The summed E-state index contributed by atoms with van der Waals surface area (Å²) in [6.45, 7) is 6.16. The first-order valence-electron chi connectivity index (χ1n) is 13.8. The van der Waals surface area contributed by atoms with Crippen LogP contribution in [-0.2, 0) is 9.59 Å². The highest BCUT2D eigenvalue weighted by Gasteiger charge is 2.60. The Morgan fingerprint density at radius 1 is 1.16 bits per heavy atom. The third-order valence-electron chi connectivity index (χ3n) is 10.8. The molecule has 8 heteroatoms. The van der Waals surface area contributed by atoms with Crippen molar-refractivity contribution in [3.63, 3.8) is 0 Å². The first kappa shape index (κ1) is 25.5. The van der Waals surface area contributed by atoms with Gasteiger partial charge in [-0.3, -0.25) is 19.7 Å². The third kappa shape index (κ3) is 3.57. The zero-order valence-electron chi connectivity index (χ0n) is 22.2. The normalized spacial score (nSPS) is 38.0. The summed E-state index contributed by atoms with van der Waals surface area (Å²) < 4.78 is 0. The number of carbonyl (C=O) groups excluding carboxylic acids is 2. The predicted molar refractivity (Wildman–Crippen MR) is 145 cm³/mol. The molecule has 5 aliphatic rings. The van der Waals surface area contributed by atoms with Crippen LogP contribution in [0.1, 0.15) is 77.3 Å². The number of hydrogen-bond donors (Lipinski definition) is 0. The van der Waals surface area contributed by atoms with Gasteiger partial charge in [-0.1, -0.05) is 43.7 Å². The zero-order chi connectivity index (χ0) is 27.0. The summed E-state index contributed by atoms with van der Waals surface area (Å²) in [6, 6.07) is 6.26. The van der Waals surface area contributed by atoms with Crippen LogP contribution in [0.3, 0.4) is 0 Å². The second kappa shape index (κ2) is 8.87. The van der Waals surface area contributed by atoms with Crippen molar-refractivity contribution in [3.05, 3.63) is 62.7 Å². The molecule has 1 aromatic carbocycles. The Bertz CT molecular complexity index is 1330. The lowest BCUT2D eigenvalue weighted by molar-refractivity contribution is -0.385. The minimum atomic E-state index is -0.448. The van der Waals surface area contributed by atoms with E-state index < -0.39 is 6.04 Å². The van der Waals surface area contributed by atoms with Crippen molar-refractivity contribution in [1.82, 2.24) is 5.01 Å². The molecule has 1 heterocycles. The largest absolute Gasteiger partial charge is 0.288 e. The molecule has 6 rings (SSSR count). The Balaban J connectivity index is 1.29. The molecule has 0 spiro atoms. The maximum absolute atomic E-state index is 12.6. The van der Waals surface area contributed by atoms with Gasteiger partial charge in [0.1, 0.15) is 0 Å². The van der Waals surface area contributed by atoms with Gasteiger partial charge in [-0.05, 0) is 79.4 Å². The molecule has 200 valence electrons. The number of nitrogens with zero attached hydrogens (tertiary/aromatic N) is 3. The van der Waals surface area contributed by atoms with Crippen LogP contribution in [0, 0.1) is 44.6 Å². The highest BCUT2D eigenvalue weighted by atomic mass is 35.5. The fourth-order valence-corrected chi connectivity index (χ4v) is 9.40. The molecule has 1 amide bonds. The molecule has 0 N–H and O–H groups in total. The van der Waals surface area contributed by atoms with E-state index in [-0.39, 0.29) is 39.0 Å². The van der Waals surface area contributed by atoms with Crippen LogP contribution in [-0.4, -0.2) is 27.3 Å². The molecule has 4 aliphatic carbocycles. The van der Waals surface area contributed by atoms with Crippen LogP contribution in [0.25, 0.3) is 0 Å². The lowest BCUT2D eigenvalue weighted by atomic mass is 9.47. The van der Waals surface area contributed by atoms with Crippen LogP contribution in [0.2, 0.25) is 0 Å². The zero-order valence-corrected chi connectivity index (χ0v) is 22.9. The number of fused-ring (bicyclic) bond motifs is 5. The van der Waals surface area contributed by atoms with E-state index in [0.29, 0.717) is 34.8 Å². The second-order valence-electron chi connectivity index (χ2n) is 12.4. The monoisotopic (exact) mass is 535 g/mol. The number of nitro groups is 1. The van der Waals surface area contributed by atoms with Crippen molar-refractivity contribution >= 4 is 34.7 Å². The lowest BCUT2D eigenvalue weighted by Crippen LogP contribution is -2.50. The fourth-order valence-electron chi connectivity index (χ4n) is 9.04. The van der Waals surface area contributed by atoms with Crippen molar-refractivity contribution in [3.8, 4) is 0 Å². The third-order valence-corrected chi connectivity index (χ3v) is 11.2. The highest BCUT2D eigenvalue weighted by Crippen LogP contribution is 2.67. The molecule has 3 saturated carbocycles. The van der Waals surface area contributed by atoms with Gasteiger partial charge in [-0.25, -0.2) is 5.01 Å². The highest BCUT2D eigenvalue weighted by molar-refractivity contribution is 6.45. The Kier molecular flexibility index (Phi) is 5.95. The minimum Gasteiger partial charge on any atom is -0.288 e. The SMILES string of the molecule is CC(=O)N1N=C([C@H]2CC[C@H]3[C@@H]4CCC5=C(Cl)C(=O)C=C[C@]5(C)[C@H]4CC[C@]23C)CC1c1ccccc1[N+](=O)[O-]. The van der Waals surface area contributed by atoms with E-state index in [1.165, 1.54) is 18.0 Å². The number of amides is 1. The predicted octanol–water partition coefficient (Wildman–Crippen LogP) is 6.73. The molecule has 1 aliphatic heterocycles. The molecule has 0 saturated heterocycles. The van der Waals surface area contributed by atoms with E-state index in [9.17, 15) is 19.7 Å². The van der Waals surface area contributed by atoms with E-state index in [1.54, 1.807) is 24.3 Å². The fraction of sp³-hybridized carbons (Fsp3) is 0.567. The number of rotatable bonds is 3. The lowest BCUT2D eigenvalue weighted by Gasteiger charge is -2.57. The van der Waals surface area contributed by atoms with Gasteiger partial charge in [0.2, 0.25) is 5.91 Å². The maximum Gasteiger partial charge on any atom is 0.274 e. The van der Waals surface area contributed by atoms with Crippen LogP contribution in [0.15, 0.2) is 52.1 Å². The summed E-state index contributed by atoms with van der Waals surface area (Å²) in [5.41, 5.74) is 2.62. The van der Waals surface area contributed by atoms with Gasteiger partial charge in [-0.15, -0.1) is 0 Å². The van der Waals surface area contributed by atoms with Crippen LogP contribution >= 0.6 is 11.6 Å². The molecule has 0 aromatic heterocycles. The molecule has 0 radical (unpaired) electrons. The van der Waals surface area contributed by atoms with E-state index in [1.807, 2.05) is 0 Å². The molecular formula is C30H34ClN3O4. The first-order valence-corrected chi connectivity index (χ1v) is 14.2. The average Bonchev–Trinajstić information content (AvgIpc) is 3.48. The Morgan fingerprint density at radius 2 is 1.92 bits per heavy atom. The smallest absolute Gasteiger partial charge is 0.274 e. The number of benzene rings is 1. The number of hydrogen-bond acceptors (Lipinski definition) is 5. The number of para-hydroxylation sites is 1. The molecule has 7 atom stereocenters.